The van der Waals surface area contributed by atoms with Gasteiger partial charge in [0.25, 0.3) is 0 Å². The molecule has 28 heavy (non-hydrogen) atoms. The van der Waals surface area contributed by atoms with Crippen molar-refractivity contribution in [2.24, 2.45) is 0 Å². The summed E-state index contributed by atoms with van der Waals surface area (Å²) >= 11 is 0. The van der Waals surface area contributed by atoms with Crippen LogP contribution >= 0.6 is 0 Å². The highest BCUT2D eigenvalue weighted by atomic mass is 16.5. The van der Waals surface area contributed by atoms with E-state index in [0.717, 1.165) is 37.6 Å². The molecule has 1 atom stereocenters. The summed E-state index contributed by atoms with van der Waals surface area (Å²) in [6.07, 6.45) is 3.34. The van der Waals surface area contributed by atoms with E-state index in [1.807, 2.05) is 6.07 Å². The molecular weight excluding hydrogens is 348 g/mol. The van der Waals surface area contributed by atoms with E-state index in [1.165, 1.54) is 22.4 Å². The Morgan fingerprint density at radius 2 is 1.71 bits per heavy atom. The van der Waals surface area contributed by atoms with Gasteiger partial charge in [-0.25, -0.2) is 0 Å². The van der Waals surface area contributed by atoms with Gasteiger partial charge in [0.2, 0.25) is 0 Å². The van der Waals surface area contributed by atoms with E-state index >= 15 is 0 Å². The minimum atomic E-state index is 0.242. The summed E-state index contributed by atoms with van der Waals surface area (Å²) in [6.45, 7) is 5.12. The SMILES string of the molecule is COc1ccc(CN2CCCn3cccc3[C@@H]2c2ccc(C)cc2)cc1OC. The summed E-state index contributed by atoms with van der Waals surface area (Å²) in [6, 6.07) is 19.8. The van der Waals surface area contributed by atoms with Crippen LogP contribution in [-0.2, 0) is 13.1 Å². The van der Waals surface area contributed by atoms with E-state index in [1.54, 1.807) is 14.2 Å². The number of methoxy groups -OCH3 is 2. The van der Waals surface area contributed by atoms with Crippen molar-refractivity contribution in [2.45, 2.75) is 32.5 Å². The largest absolute Gasteiger partial charge is 0.493 e. The molecule has 146 valence electrons. The molecule has 1 aliphatic heterocycles. The Hall–Kier alpha value is -2.72. The number of ether oxygens (including phenoxy) is 2. The smallest absolute Gasteiger partial charge is 0.161 e. The minimum Gasteiger partial charge on any atom is -0.493 e. The molecule has 0 radical (unpaired) electrons. The van der Waals surface area contributed by atoms with Gasteiger partial charge in [-0.2, -0.15) is 0 Å². The molecule has 3 aromatic rings. The van der Waals surface area contributed by atoms with Crippen LogP contribution in [0.25, 0.3) is 0 Å². The summed E-state index contributed by atoms with van der Waals surface area (Å²) in [5.41, 5.74) is 5.23. The number of hydrogen-bond acceptors (Lipinski definition) is 3. The predicted molar refractivity (Wildman–Crippen MR) is 112 cm³/mol. The zero-order valence-electron chi connectivity index (χ0n) is 16.9. The maximum atomic E-state index is 5.51. The highest BCUT2D eigenvalue weighted by Crippen LogP contribution is 2.34. The van der Waals surface area contributed by atoms with E-state index in [4.69, 9.17) is 9.47 Å². The third kappa shape index (κ3) is 3.65. The summed E-state index contributed by atoms with van der Waals surface area (Å²) < 4.78 is 13.3. The van der Waals surface area contributed by atoms with Gasteiger partial charge in [-0.15, -0.1) is 0 Å². The normalized spacial score (nSPS) is 17.0. The van der Waals surface area contributed by atoms with Crippen molar-refractivity contribution in [3.05, 3.63) is 83.2 Å². The Morgan fingerprint density at radius 3 is 2.46 bits per heavy atom. The lowest BCUT2D eigenvalue weighted by Crippen LogP contribution is -2.29. The van der Waals surface area contributed by atoms with Crippen LogP contribution in [0.4, 0.5) is 0 Å². The molecule has 4 rings (SSSR count). The molecule has 0 saturated heterocycles. The van der Waals surface area contributed by atoms with Gasteiger partial charge in [0.15, 0.2) is 11.5 Å². The lowest BCUT2D eigenvalue weighted by atomic mass is 10.00. The Balaban J connectivity index is 1.70. The quantitative estimate of drug-likeness (QED) is 0.639. The van der Waals surface area contributed by atoms with Crippen molar-refractivity contribution in [3.63, 3.8) is 0 Å². The number of nitrogens with zero attached hydrogens (tertiary/aromatic N) is 2. The Bertz CT molecular complexity index is 930. The lowest BCUT2D eigenvalue weighted by molar-refractivity contribution is 0.220. The molecular formula is C24H28N2O2. The van der Waals surface area contributed by atoms with Crippen molar-refractivity contribution in [1.82, 2.24) is 9.47 Å². The Kier molecular flexibility index (Phi) is 5.40. The average Bonchev–Trinajstić information content (AvgIpc) is 3.10. The van der Waals surface area contributed by atoms with Gasteiger partial charge in [-0.1, -0.05) is 35.9 Å². The van der Waals surface area contributed by atoms with Crippen LogP contribution in [0.5, 0.6) is 11.5 Å². The molecule has 0 aliphatic carbocycles. The second kappa shape index (κ2) is 8.11. The van der Waals surface area contributed by atoms with E-state index in [-0.39, 0.29) is 6.04 Å². The second-order valence-corrected chi connectivity index (χ2v) is 7.45. The fraction of sp³-hybridized carbons (Fsp3) is 0.333. The molecule has 2 aromatic carbocycles. The van der Waals surface area contributed by atoms with Gasteiger partial charge in [0.05, 0.1) is 20.3 Å². The van der Waals surface area contributed by atoms with E-state index in [0.29, 0.717) is 0 Å². The van der Waals surface area contributed by atoms with Gasteiger partial charge in [-0.05, 0) is 48.7 Å². The number of rotatable bonds is 5. The van der Waals surface area contributed by atoms with Crippen LogP contribution in [-0.4, -0.2) is 30.2 Å². The molecule has 0 saturated carbocycles. The number of aromatic nitrogens is 1. The van der Waals surface area contributed by atoms with Crippen molar-refractivity contribution >= 4 is 0 Å². The molecule has 1 aliphatic rings. The van der Waals surface area contributed by atoms with Crippen LogP contribution in [0.1, 0.15) is 34.8 Å². The fourth-order valence-electron chi connectivity index (χ4n) is 4.15. The standard InChI is InChI=1S/C24H28N2O2/c1-18-7-10-20(11-8-18)24-21-6-4-13-25(21)14-5-15-26(24)17-19-9-12-22(27-2)23(16-19)28-3/h4,6-13,16,24H,5,14-15,17H2,1-3H3/t24-/m0/s1. The third-order valence-corrected chi connectivity index (χ3v) is 5.58. The number of hydrogen-bond donors (Lipinski definition) is 0. The highest BCUT2D eigenvalue weighted by Gasteiger charge is 2.27. The van der Waals surface area contributed by atoms with E-state index < -0.39 is 0 Å². The fourth-order valence-corrected chi connectivity index (χ4v) is 4.15. The average molecular weight is 377 g/mol. The predicted octanol–water partition coefficient (Wildman–Crippen LogP) is 4.81. The maximum Gasteiger partial charge on any atom is 0.161 e. The number of benzene rings is 2. The molecule has 0 spiro atoms. The molecule has 4 heteroatoms. The van der Waals surface area contributed by atoms with Crippen LogP contribution < -0.4 is 9.47 Å². The van der Waals surface area contributed by atoms with Gasteiger partial charge < -0.3 is 14.0 Å². The zero-order chi connectivity index (χ0) is 19.5. The third-order valence-electron chi connectivity index (χ3n) is 5.58. The molecule has 0 fully saturated rings. The van der Waals surface area contributed by atoms with Crippen LogP contribution in [0.3, 0.4) is 0 Å². The second-order valence-electron chi connectivity index (χ2n) is 7.45. The van der Waals surface area contributed by atoms with E-state index in [2.05, 4.69) is 71.1 Å². The van der Waals surface area contributed by atoms with Crippen LogP contribution in [0.2, 0.25) is 0 Å². The molecule has 0 amide bonds. The molecule has 2 heterocycles. The van der Waals surface area contributed by atoms with E-state index in [9.17, 15) is 0 Å². The first-order chi connectivity index (χ1) is 13.7. The minimum absolute atomic E-state index is 0.242. The zero-order valence-corrected chi connectivity index (χ0v) is 16.9. The summed E-state index contributed by atoms with van der Waals surface area (Å²) in [4.78, 5) is 2.57. The highest BCUT2D eigenvalue weighted by molar-refractivity contribution is 5.43. The first-order valence-corrected chi connectivity index (χ1v) is 9.86. The summed E-state index contributed by atoms with van der Waals surface area (Å²) in [5, 5.41) is 0. The lowest BCUT2D eigenvalue weighted by Gasteiger charge is -2.31. The van der Waals surface area contributed by atoms with Crippen LogP contribution in [0.15, 0.2) is 60.8 Å². The van der Waals surface area contributed by atoms with Crippen molar-refractivity contribution < 1.29 is 9.47 Å². The Labute approximate surface area is 167 Å². The van der Waals surface area contributed by atoms with Gasteiger partial charge in [-0.3, -0.25) is 4.90 Å². The summed E-state index contributed by atoms with van der Waals surface area (Å²) in [7, 11) is 3.36. The van der Waals surface area contributed by atoms with Gasteiger partial charge >= 0.3 is 0 Å². The van der Waals surface area contributed by atoms with Crippen molar-refractivity contribution in [3.8, 4) is 11.5 Å². The molecule has 4 nitrogen and oxygen atoms in total. The monoisotopic (exact) mass is 376 g/mol. The Morgan fingerprint density at radius 1 is 0.929 bits per heavy atom. The van der Waals surface area contributed by atoms with Crippen molar-refractivity contribution in [2.75, 3.05) is 20.8 Å². The topological polar surface area (TPSA) is 26.6 Å². The molecule has 0 N–H and O–H groups in total. The first kappa shape index (κ1) is 18.6. The first-order valence-electron chi connectivity index (χ1n) is 9.86. The van der Waals surface area contributed by atoms with Gasteiger partial charge in [0, 0.05) is 31.5 Å². The maximum absolute atomic E-state index is 5.51. The number of aryl methyl sites for hydroxylation is 2. The molecule has 1 aromatic heterocycles. The van der Waals surface area contributed by atoms with Crippen molar-refractivity contribution in [1.29, 1.82) is 0 Å². The number of fused-ring (bicyclic) bond motifs is 1. The van der Waals surface area contributed by atoms with Crippen LogP contribution in [0, 0.1) is 6.92 Å². The molecule has 0 unspecified atom stereocenters. The van der Waals surface area contributed by atoms with Gasteiger partial charge in [0.1, 0.15) is 0 Å². The summed E-state index contributed by atoms with van der Waals surface area (Å²) in [5.74, 6) is 1.55. The molecule has 0 bridgehead atoms.